The molecule has 1 aromatic heterocycles. The molecule has 0 saturated heterocycles. The molecule has 0 radical (unpaired) electrons. The number of fused-ring (bicyclic) bond motifs is 1. The molecule has 3 nitrogen and oxygen atoms in total. The lowest BCUT2D eigenvalue weighted by Gasteiger charge is -2.27. The highest BCUT2D eigenvalue weighted by atomic mass is 32.1. The van der Waals surface area contributed by atoms with Crippen molar-refractivity contribution < 1.29 is 0 Å². The average Bonchev–Trinajstić information content (AvgIpc) is 2.28. The molecule has 0 unspecified atom stereocenters. The maximum atomic E-state index is 12.1. The van der Waals surface area contributed by atoms with E-state index in [9.17, 15) is 4.79 Å². The molecule has 2 rings (SSSR count). The highest BCUT2D eigenvalue weighted by Gasteiger charge is 2.18. The fourth-order valence-corrected chi connectivity index (χ4v) is 2.60. The monoisotopic (exact) mass is 238 g/mol. The van der Waals surface area contributed by atoms with Gasteiger partial charge in [0, 0.05) is 43.1 Å². The molecule has 1 aliphatic heterocycles. The Kier molecular flexibility index (Phi) is 3.40. The molecule has 0 amide bonds. The minimum Gasteiger partial charge on any atom is -0.312 e. The topological polar surface area (TPSA) is 25.2 Å². The second-order valence-electron chi connectivity index (χ2n) is 4.34. The van der Waals surface area contributed by atoms with Crippen LogP contribution in [0.25, 0.3) is 0 Å². The van der Waals surface area contributed by atoms with Gasteiger partial charge in [-0.25, -0.2) is 0 Å². The lowest BCUT2D eigenvalue weighted by molar-refractivity contribution is 0.304. The lowest BCUT2D eigenvalue weighted by Crippen LogP contribution is -2.34. The van der Waals surface area contributed by atoms with E-state index in [1.165, 1.54) is 11.3 Å². The molecule has 0 aliphatic carbocycles. The Labute approximate surface area is 101 Å². The highest BCUT2D eigenvalue weighted by molar-refractivity contribution is 7.79. The molecule has 16 heavy (non-hydrogen) atoms. The number of hydrogen-bond donors (Lipinski definition) is 1. The van der Waals surface area contributed by atoms with Gasteiger partial charge in [-0.05, 0) is 25.6 Å². The van der Waals surface area contributed by atoms with Crippen molar-refractivity contribution in [3.63, 3.8) is 0 Å². The molecule has 0 bridgehead atoms. The number of likely N-dealkylation sites (N-methyl/N-ethyl adjacent to an activating group) is 1. The van der Waals surface area contributed by atoms with Gasteiger partial charge < -0.3 is 9.47 Å². The van der Waals surface area contributed by atoms with Crippen LogP contribution in [0.3, 0.4) is 0 Å². The Bertz CT molecular complexity index is 453. The van der Waals surface area contributed by atoms with Gasteiger partial charge in [0.15, 0.2) is 0 Å². The van der Waals surface area contributed by atoms with Gasteiger partial charge in [-0.1, -0.05) is 0 Å². The predicted molar refractivity (Wildman–Crippen MR) is 69.1 cm³/mol. The Balaban J connectivity index is 2.60. The van der Waals surface area contributed by atoms with Crippen molar-refractivity contribution in [3.05, 3.63) is 33.2 Å². The van der Waals surface area contributed by atoms with Crippen LogP contribution in [0.1, 0.15) is 23.7 Å². The van der Waals surface area contributed by atoms with Crippen LogP contribution in [-0.4, -0.2) is 23.1 Å². The van der Waals surface area contributed by atoms with Gasteiger partial charge in [0.25, 0.3) is 5.56 Å². The van der Waals surface area contributed by atoms with Crippen molar-refractivity contribution in [2.24, 2.45) is 0 Å². The summed E-state index contributed by atoms with van der Waals surface area (Å²) in [5.74, 6) is 0.524. The SMILES string of the molecule is CCn1c2c(cc(CS)c1=O)CN(C)CC2. The summed E-state index contributed by atoms with van der Waals surface area (Å²) in [6.45, 7) is 4.76. The molecular formula is C12H18N2OS. The van der Waals surface area contributed by atoms with Crippen LogP contribution in [0.4, 0.5) is 0 Å². The Morgan fingerprint density at radius 2 is 2.25 bits per heavy atom. The molecule has 0 spiro atoms. The maximum Gasteiger partial charge on any atom is 0.254 e. The van der Waals surface area contributed by atoms with Crippen LogP contribution >= 0.6 is 12.6 Å². The van der Waals surface area contributed by atoms with Crippen molar-refractivity contribution in [1.29, 1.82) is 0 Å². The van der Waals surface area contributed by atoms with E-state index in [-0.39, 0.29) is 5.56 Å². The van der Waals surface area contributed by atoms with Crippen molar-refractivity contribution in [2.45, 2.75) is 32.2 Å². The van der Waals surface area contributed by atoms with E-state index in [0.29, 0.717) is 5.75 Å². The standard InChI is InChI=1S/C12H18N2OS/c1-3-14-11-4-5-13(2)7-9(11)6-10(8-16)12(14)15/h6,16H,3-5,7-8H2,1-2H3. The number of aromatic nitrogens is 1. The Hall–Kier alpha value is -0.740. The summed E-state index contributed by atoms with van der Waals surface area (Å²) < 4.78 is 1.91. The molecule has 0 atom stereocenters. The van der Waals surface area contributed by atoms with E-state index in [0.717, 1.165) is 31.6 Å². The zero-order valence-corrected chi connectivity index (χ0v) is 10.8. The molecule has 2 heterocycles. The van der Waals surface area contributed by atoms with Crippen molar-refractivity contribution in [3.8, 4) is 0 Å². The van der Waals surface area contributed by atoms with Gasteiger partial charge in [0.1, 0.15) is 0 Å². The molecule has 88 valence electrons. The second kappa shape index (κ2) is 4.63. The smallest absolute Gasteiger partial charge is 0.254 e. The zero-order valence-electron chi connectivity index (χ0n) is 9.86. The normalized spacial score (nSPS) is 16.2. The minimum atomic E-state index is 0.140. The third-order valence-corrected chi connectivity index (χ3v) is 3.56. The van der Waals surface area contributed by atoms with E-state index < -0.39 is 0 Å². The first-order valence-corrected chi connectivity index (χ1v) is 6.34. The van der Waals surface area contributed by atoms with E-state index in [1.54, 1.807) is 0 Å². The largest absolute Gasteiger partial charge is 0.312 e. The molecule has 0 saturated carbocycles. The van der Waals surface area contributed by atoms with Crippen LogP contribution in [0.15, 0.2) is 10.9 Å². The van der Waals surface area contributed by atoms with Crippen molar-refractivity contribution >= 4 is 12.6 Å². The van der Waals surface area contributed by atoms with Gasteiger partial charge in [-0.3, -0.25) is 4.79 Å². The molecule has 0 aromatic carbocycles. The lowest BCUT2D eigenvalue weighted by atomic mass is 10.0. The summed E-state index contributed by atoms with van der Waals surface area (Å²) in [7, 11) is 2.12. The van der Waals surface area contributed by atoms with Crippen LogP contribution in [0, 0.1) is 0 Å². The Morgan fingerprint density at radius 3 is 2.88 bits per heavy atom. The fourth-order valence-electron chi connectivity index (χ4n) is 2.37. The van der Waals surface area contributed by atoms with E-state index >= 15 is 0 Å². The number of hydrogen-bond acceptors (Lipinski definition) is 3. The summed E-state index contributed by atoms with van der Waals surface area (Å²) in [5, 5.41) is 0. The van der Waals surface area contributed by atoms with Crippen LogP contribution in [0.2, 0.25) is 0 Å². The van der Waals surface area contributed by atoms with E-state index in [2.05, 4.69) is 24.6 Å². The van der Waals surface area contributed by atoms with Gasteiger partial charge >= 0.3 is 0 Å². The third kappa shape index (κ3) is 1.92. The number of rotatable bonds is 2. The summed E-state index contributed by atoms with van der Waals surface area (Å²) >= 11 is 4.23. The van der Waals surface area contributed by atoms with Crippen molar-refractivity contribution in [2.75, 3.05) is 13.6 Å². The summed E-state index contributed by atoms with van der Waals surface area (Å²) in [4.78, 5) is 14.4. The zero-order chi connectivity index (χ0) is 11.7. The first kappa shape index (κ1) is 11.7. The maximum absolute atomic E-state index is 12.1. The molecule has 1 aromatic rings. The highest BCUT2D eigenvalue weighted by Crippen LogP contribution is 2.18. The van der Waals surface area contributed by atoms with Crippen molar-refractivity contribution in [1.82, 2.24) is 9.47 Å². The number of pyridine rings is 1. The summed E-state index contributed by atoms with van der Waals surface area (Å²) in [6, 6.07) is 2.03. The van der Waals surface area contributed by atoms with Crippen LogP contribution in [0.5, 0.6) is 0 Å². The molecule has 4 heteroatoms. The third-order valence-electron chi connectivity index (χ3n) is 3.22. The van der Waals surface area contributed by atoms with Gasteiger partial charge in [0.2, 0.25) is 0 Å². The molecule has 1 aliphatic rings. The first-order chi connectivity index (χ1) is 7.67. The van der Waals surface area contributed by atoms with Gasteiger partial charge in [0.05, 0.1) is 0 Å². The predicted octanol–water partition coefficient (Wildman–Crippen LogP) is 1.29. The molecule has 0 N–H and O–H groups in total. The second-order valence-corrected chi connectivity index (χ2v) is 4.65. The Morgan fingerprint density at radius 1 is 1.50 bits per heavy atom. The number of nitrogens with zero attached hydrogens (tertiary/aromatic N) is 2. The number of thiol groups is 1. The first-order valence-electron chi connectivity index (χ1n) is 5.71. The van der Waals surface area contributed by atoms with Crippen LogP contribution in [-0.2, 0) is 25.3 Å². The summed E-state index contributed by atoms with van der Waals surface area (Å²) in [5.41, 5.74) is 3.47. The minimum absolute atomic E-state index is 0.140. The summed E-state index contributed by atoms with van der Waals surface area (Å²) in [6.07, 6.45) is 0.974. The van der Waals surface area contributed by atoms with Gasteiger partial charge in [-0.15, -0.1) is 0 Å². The molecular weight excluding hydrogens is 220 g/mol. The van der Waals surface area contributed by atoms with Gasteiger partial charge in [-0.2, -0.15) is 12.6 Å². The van der Waals surface area contributed by atoms with Crippen LogP contribution < -0.4 is 5.56 Å². The van der Waals surface area contributed by atoms with E-state index in [1.807, 2.05) is 17.6 Å². The fraction of sp³-hybridized carbons (Fsp3) is 0.583. The molecule has 0 fully saturated rings. The average molecular weight is 238 g/mol. The quantitative estimate of drug-likeness (QED) is 0.785. The van der Waals surface area contributed by atoms with E-state index in [4.69, 9.17) is 0 Å².